The summed E-state index contributed by atoms with van der Waals surface area (Å²) in [6.45, 7) is 5.93. The molecule has 0 aromatic heterocycles. The molecule has 0 amide bonds. The normalized spacial score (nSPS) is 16.5. The zero-order chi connectivity index (χ0) is 13.3. The van der Waals surface area contributed by atoms with Crippen LogP contribution in [0.4, 0.5) is 5.69 Å². The lowest BCUT2D eigenvalue weighted by Crippen LogP contribution is -2.32. The average Bonchev–Trinajstić information content (AvgIpc) is 2.48. The van der Waals surface area contributed by atoms with Crippen molar-refractivity contribution in [1.82, 2.24) is 10.2 Å². The molecule has 2 rings (SSSR count). The fourth-order valence-corrected chi connectivity index (χ4v) is 2.75. The molecule has 1 aliphatic rings. The minimum Gasteiger partial charge on any atom is -0.388 e. The van der Waals surface area contributed by atoms with E-state index in [-0.39, 0.29) is 0 Å². The van der Waals surface area contributed by atoms with Crippen LogP contribution in [-0.2, 0) is 6.54 Å². The monoisotopic (exact) mass is 261 g/mol. The van der Waals surface area contributed by atoms with Crippen LogP contribution >= 0.6 is 0 Å². The van der Waals surface area contributed by atoms with Crippen molar-refractivity contribution < 1.29 is 0 Å². The third-order valence-electron chi connectivity index (χ3n) is 3.88. The molecule has 0 aliphatic carbocycles. The van der Waals surface area contributed by atoms with Crippen LogP contribution in [0.3, 0.4) is 0 Å². The standard InChI is InChI=1S/C16H27N3/c1-17-16-9-4-3-8-15(16)14-18-10-7-13-19-11-5-2-6-12-19/h3-4,8-9,17-18H,2,5-7,10-14H2,1H3. The Morgan fingerprint density at radius 3 is 2.68 bits per heavy atom. The lowest BCUT2D eigenvalue weighted by Gasteiger charge is -2.26. The summed E-state index contributed by atoms with van der Waals surface area (Å²) in [6, 6.07) is 8.49. The minimum absolute atomic E-state index is 0.955. The van der Waals surface area contributed by atoms with Gasteiger partial charge in [0.25, 0.3) is 0 Å². The first kappa shape index (κ1) is 14.4. The molecule has 2 N–H and O–H groups in total. The number of nitrogens with one attached hydrogen (secondary N) is 2. The van der Waals surface area contributed by atoms with Crippen molar-refractivity contribution in [2.24, 2.45) is 0 Å². The van der Waals surface area contributed by atoms with Crippen LogP contribution in [0.15, 0.2) is 24.3 Å². The quantitative estimate of drug-likeness (QED) is 0.739. The van der Waals surface area contributed by atoms with E-state index in [4.69, 9.17) is 0 Å². The topological polar surface area (TPSA) is 27.3 Å². The highest BCUT2D eigenvalue weighted by atomic mass is 15.1. The van der Waals surface area contributed by atoms with E-state index < -0.39 is 0 Å². The Morgan fingerprint density at radius 1 is 1.11 bits per heavy atom. The fourth-order valence-electron chi connectivity index (χ4n) is 2.75. The maximum Gasteiger partial charge on any atom is 0.0383 e. The van der Waals surface area contributed by atoms with Gasteiger partial charge in [-0.15, -0.1) is 0 Å². The van der Waals surface area contributed by atoms with Crippen molar-refractivity contribution >= 4 is 5.69 Å². The molecule has 0 spiro atoms. The van der Waals surface area contributed by atoms with Crippen molar-refractivity contribution in [2.75, 3.05) is 38.5 Å². The second kappa shape index (κ2) is 8.18. The smallest absolute Gasteiger partial charge is 0.0383 e. The molecule has 1 aromatic carbocycles. The molecular formula is C16H27N3. The van der Waals surface area contributed by atoms with Gasteiger partial charge in [0.05, 0.1) is 0 Å². The molecule has 0 atom stereocenters. The second-order valence-corrected chi connectivity index (χ2v) is 5.34. The maximum atomic E-state index is 3.55. The average molecular weight is 261 g/mol. The summed E-state index contributed by atoms with van der Waals surface area (Å²) in [5.74, 6) is 0. The van der Waals surface area contributed by atoms with E-state index in [1.165, 1.54) is 56.6 Å². The zero-order valence-electron chi connectivity index (χ0n) is 12.1. The fraction of sp³-hybridized carbons (Fsp3) is 0.625. The Bertz CT molecular complexity index is 359. The number of likely N-dealkylation sites (tertiary alicyclic amines) is 1. The maximum absolute atomic E-state index is 3.55. The van der Waals surface area contributed by atoms with Crippen molar-refractivity contribution in [1.29, 1.82) is 0 Å². The zero-order valence-corrected chi connectivity index (χ0v) is 12.1. The van der Waals surface area contributed by atoms with Gasteiger partial charge in [-0.2, -0.15) is 0 Å². The Morgan fingerprint density at radius 2 is 1.89 bits per heavy atom. The number of anilines is 1. The van der Waals surface area contributed by atoms with E-state index in [1.807, 2.05) is 7.05 Å². The molecule has 1 heterocycles. The van der Waals surface area contributed by atoms with E-state index in [1.54, 1.807) is 0 Å². The highest BCUT2D eigenvalue weighted by Gasteiger charge is 2.08. The van der Waals surface area contributed by atoms with Gasteiger partial charge < -0.3 is 15.5 Å². The largest absolute Gasteiger partial charge is 0.388 e. The first-order valence-corrected chi connectivity index (χ1v) is 7.59. The van der Waals surface area contributed by atoms with Crippen molar-refractivity contribution in [3.63, 3.8) is 0 Å². The first-order valence-electron chi connectivity index (χ1n) is 7.59. The Labute approximate surface area is 117 Å². The van der Waals surface area contributed by atoms with E-state index >= 15 is 0 Å². The molecule has 106 valence electrons. The van der Waals surface area contributed by atoms with Crippen LogP contribution in [0.1, 0.15) is 31.2 Å². The van der Waals surface area contributed by atoms with Crippen molar-refractivity contribution in [2.45, 2.75) is 32.2 Å². The molecule has 0 radical (unpaired) electrons. The lowest BCUT2D eigenvalue weighted by molar-refractivity contribution is 0.225. The van der Waals surface area contributed by atoms with E-state index in [0.717, 1.165) is 13.1 Å². The van der Waals surface area contributed by atoms with Gasteiger partial charge in [0.2, 0.25) is 0 Å². The molecule has 0 saturated carbocycles. The van der Waals surface area contributed by atoms with Gasteiger partial charge in [0, 0.05) is 19.3 Å². The third-order valence-corrected chi connectivity index (χ3v) is 3.88. The molecule has 3 heteroatoms. The molecule has 1 aromatic rings. The number of nitrogens with zero attached hydrogens (tertiary/aromatic N) is 1. The summed E-state index contributed by atoms with van der Waals surface area (Å²) >= 11 is 0. The number of hydrogen-bond acceptors (Lipinski definition) is 3. The summed E-state index contributed by atoms with van der Waals surface area (Å²) in [6.07, 6.45) is 5.46. The predicted octanol–water partition coefficient (Wildman–Crippen LogP) is 2.69. The SMILES string of the molecule is CNc1ccccc1CNCCCN1CCCCC1. The molecule has 0 bridgehead atoms. The van der Waals surface area contributed by atoms with Crippen LogP contribution in [0.2, 0.25) is 0 Å². The first-order chi connectivity index (χ1) is 9.40. The number of rotatable bonds is 7. The van der Waals surface area contributed by atoms with Crippen LogP contribution in [0.5, 0.6) is 0 Å². The summed E-state index contributed by atoms with van der Waals surface area (Å²) in [4.78, 5) is 2.60. The number of hydrogen-bond donors (Lipinski definition) is 2. The number of piperidine rings is 1. The van der Waals surface area contributed by atoms with Gasteiger partial charge in [-0.1, -0.05) is 24.6 Å². The molecule has 0 unspecified atom stereocenters. The Hall–Kier alpha value is -1.06. The van der Waals surface area contributed by atoms with Gasteiger partial charge in [-0.3, -0.25) is 0 Å². The Kier molecular flexibility index (Phi) is 6.18. The predicted molar refractivity (Wildman–Crippen MR) is 82.6 cm³/mol. The number of benzene rings is 1. The Balaban J connectivity index is 1.61. The van der Waals surface area contributed by atoms with Gasteiger partial charge in [-0.25, -0.2) is 0 Å². The summed E-state index contributed by atoms with van der Waals surface area (Å²) in [5.41, 5.74) is 2.58. The van der Waals surface area contributed by atoms with Gasteiger partial charge in [0.1, 0.15) is 0 Å². The lowest BCUT2D eigenvalue weighted by atomic mass is 10.1. The van der Waals surface area contributed by atoms with E-state index in [0.29, 0.717) is 0 Å². The molecule has 19 heavy (non-hydrogen) atoms. The van der Waals surface area contributed by atoms with Crippen LogP contribution in [0, 0.1) is 0 Å². The molecule has 1 saturated heterocycles. The summed E-state index contributed by atoms with van der Waals surface area (Å²) < 4.78 is 0. The van der Waals surface area contributed by atoms with Gasteiger partial charge in [0.15, 0.2) is 0 Å². The van der Waals surface area contributed by atoms with Crippen LogP contribution < -0.4 is 10.6 Å². The van der Waals surface area contributed by atoms with E-state index in [2.05, 4.69) is 39.8 Å². The van der Waals surface area contributed by atoms with Crippen molar-refractivity contribution in [3.05, 3.63) is 29.8 Å². The minimum atomic E-state index is 0.955. The molecule has 1 fully saturated rings. The molecular weight excluding hydrogens is 234 g/mol. The van der Waals surface area contributed by atoms with Gasteiger partial charge in [-0.05, 0) is 57.1 Å². The molecule has 1 aliphatic heterocycles. The van der Waals surface area contributed by atoms with Crippen LogP contribution in [0.25, 0.3) is 0 Å². The van der Waals surface area contributed by atoms with Crippen LogP contribution in [-0.4, -0.2) is 38.1 Å². The van der Waals surface area contributed by atoms with E-state index in [9.17, 15) is 0 Å². The highest BCUT2D eigenvalue weighted by Crippen LogP contribution is 2.13. The van der Waals surface area contributed by atoms with Gasteiger partial charge >= 0.3 is 0 Å². The second-order valence-electron chi connectivity index (χ2n) is 5.34. The highest BCUT2D eigenvalue weighted by molar-refractivity contribution is 5.50. The number of para-hydroxylation sites is 1. The summed E-state index contributed by atoms with van der Waals surface area (Å²) in [5, 5.41) is 6.79. The molecule has 3 nitrogen and oxygen atoms in total. The van der Waals surface area contributed by atoms with Crippen molar-refractivity contribution in [3.8, 4) is 0 Å². The summed E-state index contributed by atoms with van der Waals surface area (Å²) in [7, 11) is 1.98. The third kappa shape index (κ3) is 4.84.